The van der Waals surface area contributed by atoms with Crippen molar-refractivity contribution in [1.29, 1.82) is 0 Å². The van der Waals surface area contributed by atoms with Crippen LogP contribution in [0.25, 0.3) is 16.7 Å². The highest BCUT2D eigenvalue weighted by molar-refractivity contribution is 6.31. The van der Waals surface area contributed by atoms with E-state index in [9.17, 15) is 5.11 Å². The van der Waals surface area contributed by atoms with Gasteiger partial charge in [0.05, 0.1) is 0 Å². The summed E-state index contributed by atoms with van der Waals surface area (Å²) in [5.41, 5.74) is 4.38. The maximum absolute atomic E-state index is 11.0. The molecular weight excluding hydrogens is 358 g/mol. The molecule has 0 saturated heterocycles. The van der Waals surface area contributed by atoms with Gasteiger partial charge in [-0.1, -0.05) is 59.2 Å². The number of benzene rings is 2. The highest BCUT2D eigenvalue weighted by Gasteiger charge is 2.21. The molecule has 0 amide bonds. The Bertz CT molecular complexity index is 978. The number of aromatic hydroxyl groups is 1. The van der Waals surface area contributed by atoms with Gasteiger partial charge in [0.1, 0.15) is 22.5 Å². The number of rotatable bonds is 3. The fourth-order valence-electron chi connectivity index (χ4n) is 3.31. The third-order valence-corrected chi connectivity index (χ3v) is 4.48. The smallest absolute Gasteiger partial charge is 0.146 e. The molecule has 3 rings (SSSR count). The number of hydrogen-bond donors (Lipinski definition) is 1. The summed E-state index contributed by atoms with van der Waals surface area (Å²) in [7, 11) is 0. The Morgan fingerprint density at radius 1 is 0.889 bits per heavy atom. The quantitative estimate of drug-likeness (QED) is 0.605. The van der Waals surface area contributed by atoms with E-state index < -0.39 is 0 Å². The lowest BCUT2D eigenvalue weighted by atomic mass is 9.84. The van der Waals surface area contributed by atoms with Gasteiger partial charge in [-0.25, -0.2) is 0 Å². The van der Waals surface area contributed by atoms with Gasteiger partial charge in [0, 0.05) is 5.02 Å². The van der Waals surface area contributed by atoms with E-state index in [-0.39, 0.29) is 16.6 Å². The van der Waals surface area contributed by atoms with Crippen molar-refractivity contribution in [2.45, 2.75) is 54.4 Å². The molecule has 0 unspecified atom stereocenters. The lowest BCUT2D eigenvalue weighted by molar-refractivity contribution is 0.390. The van der Waals surface area contributed by atoms with Gasteiger partial charge < -0.3 is 5.11 Å². The van der Waals surface area contributed by atoms with Crippen molar-refractivity contribution < 1.29 is 5.11 Å². The van der Waals surface area contributed by atoms with Crippen LogP contribution in [0.15, 0.2) is 30.3 Å². The van der Waals surface area contributed by atoms with Crippen LogP contribution in [0.2, 0.25) is 5.02 Å². The number of halogens is 1. The van der Waals surface area contributed by atoms with Crippen molar-refractivity contribution in [2.24, 2.45) is 10.8 Å². The molecule has 1 aromatic heterocycles. The predicted octanol–water partition coefficient (Wildman–Crippen LogP) is 5.96. The van der Waals surface area contributed by atoms with Crippen molar-refractivity contribution >= 4 is 22.6 Å². The van der Waals surface area contributed by atoms with Crippen LogP contribution in [-0.4, -0.2) is 20.1 Å². The molecule has 0 bridgehead atoms. The molecule has 4 nitrogen and oxygen atoms in total. The van der Waals surface area contributed by atoms with E-state index in [4.69, 9.17) is 11.6 Å². The van der Waals surface area contributed by atoms with Crippen LogP contribution in [0.5, 0.6) is 5.75 Å². The third kappa shape index (κ3) is 4.81. The Labute approximate surface area is 166 Å². The molecule has 3 aromatic rings. The predicted molar refractivity (Wildman–Crippen MR) is 112 cm³/mol. The molecule has 0 saturated carbocycles. The van der Waals surface area contributed by atoms with Crippen molar-refractivity contribution in [3.8, 4) is 11.4 Å². The molecule has 0 aliphatic carbocycles. The number of hydrogen-bond acceptors (Lipinski definition) is 3. The Hall–Kier alpha value is -2.07. The normalized spacial score (nSPS) is 12.7. The Morgan fingerprint density at radius 2 is 1.52 bits per heavy atom. The summed E-state index contributed by atoms with van der Waals surface area (Å²) >= 11 is 6.07. The van der Waals surface area contributed by atoms with Gasteiger partial charge in [-0.3, -0.25) is 0 Å². The van der Waals surface area contributed by atoms with Crippen LogP contribution in [0.4, 0.5) is 0 Å². The fourth-order valence-corrected chi connectivity index (χ4v) is 3.48. The topological polar surface area (TPSA) is 50.9 Å². The average molecular weight is 386 g/mol. The summed E-state index contributed by atoms with van der Waals surface area (Å²) in [6.45, 7) is 13.2. The number of fused-ring (bicyclic) bond motifs is 1. The van der Waals surface area contributed by atoms with Gasteiger partial charge in [0.15, 0.2) is 0 Å². The second-order valence-electron chi connectivity index (χ2n) is 9.72. The first kappa shape index (κ1) is 19.7. The lowest BCUT2D eigenvalue weighted by Gasteiger charge is -2.23. The summed E-state index contributed by atoms with van der Waals surface area (Å²) in [6, 6.07) is 9.53. The van der Waals surface area contributed by atoms with Crippen LogP contribution in [0, 0.1) is 10.8 Å². The van der Waals surface area contributed by atoms with Gasteiger partial charge in [-0.2, -0.15) is 0 Å². The largest absolute Gasteiger partial charge is 0.505 e. The van der Waals surface area contributed by atoms with Crippen LogP contribution in [0.3, 0.4) is 0 Å². The summed E-state index contributed by atoms with van der Waals surface area (Å²) in [6.07, 6.45) is 1.68. The molecule has 27 heavy (non-hydrogen) atoms. The highest BCUT2D eigenvalue weighted by Crippen LogP contribution is 2.34. The zero-order valence-electron chi connectivity index (χ0n) is 17.0. The van der Waals surface area contributed by atoms with Crippen LogP contribution >= 0.6 is 11.6 Å². The Morgan fingerprint density at radius 3 is 2.15 bits per heavy atom. The monoisotopic (exact) mass is 385 g/mol. The average Bonchev–Trinajstić information content (AvgIpc) is 2.90. The van der Waals surface area contributed by atoms with Gasteiger partial charge in [-0.05, 0) is 59.1 Å². The first-order valence-corrected chi connectivity index (χ1v) is 9.67. The number of phenols is 1. The molecule has 0 spiro atoms. The van der Waals surface area contributed by atoms with Crippen molar-refractivity contribution in [2.75, 3.05) is 0 Å². The molecule has 2 aromatic carbocycles. The van der Waals surface area contributed by atoms with Crippen LogP contribution in [-0.2, 0) is 12.8 Å². The molecule has 1 N–H and O–H groups in total. The second kappa shape index (κ2) is 6.83. The molecule has 144 valence electrons. The molecule has 1 heterocycles. The molecule has 0 atom stereocenters. The minimum absolute atomic E-state index is 0.0604. The van der Waals surface area contributed by atoms with Crippen molar-refractivity contribution in [3.63, 3.8) is 0 Å². The molecule has 0 aliphatic heterocycles. The Kier molecular flexibility index (Phi) is 4.98. The second-order valence-corrected chi connectivity index (χ2v) is 10.2. The molecule has 0 radical (unpaired) electrons. The van der Waals surface area contributed by atoms with Crippen molar-refractivity contribution in [3.05, 3.63) is 46.5 Å². The van der Waals surface area contributed by atoms with E-state index in [0.29, 0.717) is 16.2 Å². The zero-order chi connectivity index (χ0) is 20.0. The Balaban J connectivity index is 2.16. The van der Waals surface area contributed by atoms with Crippen LogP contribution in [0.1, 0.15) is 52.7 Å². The number of nitrogens with zero attached hydrogens (tertiary/aromatic N) is 3. The molecule has 0 fully saturated rings. The number of aromatic nitrogens is 3. The van der Waals surface area contributed by atoms with E-state index in [1.165, 1.54) is 10.4 Å². The molecule has 5 heteroatoms. The van der Waals surface area contributed by atoms with E-state index in [0.717, 1.165) is 23.9 Å². The maximum atomic E-state index is 11.0. The van der Waals surface area contributed by atoms with E-state index >= 15 is 0 Å². The summed E-state index contributed by atoms with van der Waals surface area (Å²) in [5.74, 6) is 0.244. The minimum Gasteiger partial charge on any atom is -0.505 e. The zero-order valence-corrected chi connectivity index (χ0v) is 17.7. The molecule has 0 aliphatic rings. The van der Waals surface area contributed by atoms with Crippen molar-refractivity contribution in [1.82, 2.24) is 15.0 Å². The number of phenolic OH excluding ortho intramolecular Hbond substituents is 1. The first-order chi connectivity index (χ1) is 12.4. The van der Waals surface area contributed by atoms with Gasteiger partial charge in [0.2, 0.25) is 0 Å². The molecular formula is C22H28ClN3O. The van der Waals surface area contributed by atoms with Crippen LogP contribution < -0.4 is 0 Å². The van der Waals surface area contributed by atoms with E-state index in [1.54, 1.807) is 12.1 Å². The van der Waals surface area contributed by atoms with E-state index in [1.807, 2.05) is 12.1 Å². The van der Waals surface area contributed by atoms with Gasteiger partial charge in [0.25, 0.3) is 0 Å². The highest BCUT2D eigenvalue weighted by atomic mass is 35.5. The summed E-state index contributed by atoms with van der Waals surface area (Å²) in [5, 5.41) is 20.7. The fraction of sp³-hybridized carbons (Fsp3) is 0.455. The van der Waals surface area contributed by atoms with Gasteiger partial charge in [-0.15, -0.1) is 15.0 Å². The summed E-state index contributed by atoms with van der Waals surface area (Å²) < 4.78 is 0. The summed E-state index contributed by atoms with van der Waals surface area (Å²) in [4.78, 5) is 1.52. The SMILES string of the molecule is CC(C)(C)Cc1cc(CC(C)(C)C)c(O)c(-n2nc3ccc(Cl)cc3n2)c1. The third-order valence-electron chi connectivity index (χ3n) is 4.24. The minimum atomic E-state index is 0.0604. The van der Waals surface area contributed by atoms with Gasteiger partial charge >= 0.3 is 0 Å². The lowest BCUT2D eigenvalue weighted by Crippen LogP contribution is -2.13. The maximum Gasteiger partial charge on any atom is 0.146 e. The first-order valence-electron chi connectivity index (χ1n) is 9.29. The van der Waals surface area contributed by atoms with E-state index in [2.05, 4.69) is 57.8 Å². The standard InChI is InChI=1S/C22H28ClN3O/c1-21(2,3)12-14-9-15(13-22(4,5)6)20(27)19(10-14)26-24-17-8-7-16(23)11-18(17)25-26/h7-11,27H,12-13H2,1-6H3.